The van der Waals surface area contributed by atoms with Crippen molar-refractivity contribution in [2.45, 2.75) is 13.1 Å². The van der Waals surface area contributed by atoms with Crippen molar-refractivity contribution in [1.82, 2.24) is 0 Å². The standard InChI is InChI=1S/C15H11F4NO/c1-9-8-10(6-7-13(9)16)20-14(21)11-4-2-3-5-12(11)15(17,18)19/h2-8H,1H3,(H,20,21). The summed E-state index contributed by atoms with van der Waals surface area (Å²) in [7, 11) is 0. The van der Waals surface area contributed by atoms with Gasteiger partial charge in [-0.15, -0.1) is 0 Å². The van der Waals surface area contributed by atoms with Gasteiger partial charge in [-0.05, 0) is 42.8 Å². The van der Waals surface area contributed by atoms with E-state index in [2.05, 4.69) is 5.32 Å². The number of halogens is 4. The van der Waals surface area contributed by atoms with Gasteiger partial charge in [0.15, 0.2) is 0 Å². The lowest BCUT2D eigenvalue weighted by Gasteiger charge is -2.13. The molecule has 110 valence electrons. The summed E-state index contributed by atoms with van der Waals surface area (Å²) in [6, 6.07) is 8.27. The largest absolute Gasteiger partial charge is 0.417 e. The number of aryl methyl sites for hydroxylation is 1. The highest BCUT2D eigenvalue weighted by molar-refractivity contribution is 6.05. The maximum atomic E-state index is 13.1. The summed E-state index contributed by atoms with van der Waals surface area (Å²) in [4.78, 5) is 12.0. The first-order valence-electron chi connectivity index (χ1n) is 6.03. The second-order valence-electron chi connectivity index (χ2n) is 4.46. The Bertz CT molecular complexity index is 680. The third kappa shape index (κ3) is 3.39. The second kappa shape index (κ2) is 5.55. The van der Waals surface area contributed by atoms with Gasteiger partial charge in [0.1, 0.15) is 5.82 Å². The Morgan fingerprint density at radius 1 is 1.10 bits per heavy atom. The maximum Gasteiger partial charge on any atom is 0.417 e. The normalized spacial score (nSPS) is 11.3. The molecule has 0 aromatic heterocycles. The number of amides is 1. The summed E-state index contributed by atoms with van der Waals surface area (Å²) >= 11 is 0. The van der Waals surface area contributed by atoms with Crippen LogP contribution in [0.25, 0.3) is 0 Å². The Hall–Kier alpha value is -2.37. The highest BCUT2D eigenvalue weighted by Gasteiger charge is 2.34. The van der Waals surface area contributed by atoms with Gasteiger partial charge in [-0.1, -0.05) is 12.1 Å². The van der Waals surface area contributed by atoms with Crippen LogP contribution in [0.2, 0.25) is 0 Å². The number of anilines is 1. The number of nitrogens with one attached hydrogen (secondary N) is 1. The summed E-state index contributed by atoms with van der Waals surface area (Å²) in [6.45, 7) is 1.49. The highest BCUT2D eigenvalue weighted by atomic mass is 19.4. The third-order valence-electron chi connectivity index (χ3n) is 2.89. The highest BCUT2D eigenvalue weighted by Crippen LogP contribution is 2.32. The van der Waals surface area contributed by atoms with E-state index >= 15 is 0 Å². The molecule has 2 nitrogen and oxygen atoms in total. The van der Waals surface area contributed by atoms with Gasteiger partial charge in [0.05, 0.1) is 11.1 Å². The van der Waals surface area contributed by atoms with E-state index in [1.54, 1.807) is 0 Å². The first-order chi connectivity index (χ1) is 9.79. The molecule has 0 fully saturated rings. The van der Waals surface area contributed by atoms with Crippen LogP contribution in [-0.2, 0) is 6.18 Å². The minimum Gasteiger partial charge on any atom is -0.322 e. The number of carbonyl (C=O) groups excluding carboxylic acids is 1. The number of alkyl halides is 3. The number of benzene rings is 2. The molecule has 0 saturated heterocycles. The van der Waals surface area contributed by atoms with Gasteiger partial charge in [0, 0.05) is 5.69 Å². The molecule has 2 rings (SSSR count). The quantitative estimate of drug-likeness (QED) is 0.818. The molecule has 2 aromatic carbocycles. The Morgan fingerprint density at radius 2 is 1.76 bits per heavy atom. The number of hydrogen-bond donors (Lipinski definition) is 1. The Labute approximate surface area is 118 Å². The number of hydrogen-bond acceptors (Lipinski definition) is 1. The van der Waals surface area contributed by atoms with Crippen LogP contribution in [0, 0.1) is 12.7 Å². The maximum absolute atomic E-state index is 13.1. The van der Waals surface area contributed by atoms with Crippen molar-refractivity contribution in [2.75, 3.05) is 5.32 Å². The van der Waals surface area contributed by atoms with Crippen molar-refractivity contribution in [1.29, 1.82) is 0 Å². The molecule has 6 heteroatoms. The molecule has 0 bridgehead atoms. The molecule has 0 aliphatic rings. The van der Waals surface area contributed by atoms with Gasteiger partial charge in [-0.3, -0.25) is 4.79 Å². The van der Waals surface area contributed by atoms with E-state index in [4.69, 9.17) is 0 Å². The lowest BCUT2D eigenvalue weighted by atomic mass is 10.1. The summed E-state index contributed by atoms with van der Waals surface area (Å²) in [6.07, 6.45) is -4.62. The van der Waals surface area contributed by atoms with Gasteiger partial charge in [-0.2, -0.15) is 13.2 Å². The van der Waals surface area contributed by atoms with Crippen molar-refractivity contribution in [3.8, 4) is 0 Å². The van der Waals surface area contributed by atoms with Crippen LogP contribution in [0.5, 0.6) is 0 Å². The molecule has 1 N–H and O–H groups in total. The zero-order chi connectivity index (χ0) is 15.6. The molecule has 0 heterocycles. The van der Waals surface area contributed by atoms with Crippen molar-refractivity contribution >= 4 is 11.6 Å². The molecular formula is C15H11F4NO. The average molecular weight is 297 g/mol. The molecule has 0 spiro atoms. The van der Waals surface area contributed by atoms with Crippen LogP contribution < -0.4 is 5.32 Å². The molecule has 0 unspecified atom stereocenters. The summed E-state index contributed by atoms with van der Waals surface area (Å²) in [5.74, 6) is -1.35. The van der Waals surface area contributed by atoms with E-state index in [1.807, 2.05) is 0 Å². The molecule has 0 atom stereocenters. The monoisotopic (exact) mass is 297 g/mol. The minimum absolute atomic E-state index is 0.232. The Balaban J connectivity index is 2.31. The first-order valence-corrected chi connectivity index (χ1v) is 6.03. The predicted octanol–water partition coefficient (Wildman–Crippen LogP) is 4.41. The Kier molecular flexibility index (Phi) is 3.97. The molecule has 0 aliphatic carbocycles. The lowest BCUT2D eigenvalue weighted by Crippen LogP contribution is -2.18. The molecular weight excluding hydrogens is 286 g/mol. The molecule has 1 amide bonds. The van der Waals surface area contributed by atoms with Crippen LogP contribution in [0.3, 0.4) is 0 Å². The van der Waals surface area contributed by atoms with Crippen molar-refractivity contribution in [3.63, 3.8) is 0 Å². The van der Waals surface area contributed by atoms with Crippen LogP contribution in [0.4, 0.5) is 23.2 Å². The van der Waals surface area contributed by atoms with Crippen LogP contribution in [0.15, 0.2) is 42.5 Å². The van der Waals surface area contributed by atoms with Crippen LogP contribution in [-0.4, -0.2) is 5.91 Å². The van der Waals surface area contributed by atoms with Crippen LogP contribution in [0.1, 0.15) is 21.5 Å². The van der Waals surface area contributed by atoms with E-state index < -0.39 is 29.0 Å². The molecule has 2 aromatic rings. The van der Waals surface area contributed by atoms with Gasteiger partial charge < -0.3 is 5.32 Å². The van der Waals surface area contributed by atoms with Crippen LogP contribution >= 0.6 is 0 Å². The Morgan fingerprint density at radius 3 is 2.38 bits per heavy atom. The molecule has 0 radical (unpaired) electrons. The lowest BCUT2D eigenvalue weighted by molar-refractivity contribution is -0.137. The summed E-state index contributed by atoms with van der Waals surface area (Å²) in [5, 5.41) is 2.33. The van der Waals surface area contributed by atoms with E-state index in [0.717, 1.165) is 18.2 Å². The molecule has 21 heavy (non-hydrogen) atoms. The number of rotatable bonds is 2. The fraction of sp³-hybridized carbons (Fsp3) is 0.133. The first kappa shape index (κ1) is 15.0. The molecule has 0 saturated carbocycles. The van der Waals surface area contributed by atoms with Gasteiger partial charge in [0.2, 0.25) is 0 Å². The minimum atomic E-state index is -4.62. The second-order valence-corrected chi connectivity index (χ2v) is 4.46. The third-order valence-corrected chi connectivity index (χ3v) is 2.89. The van der Waals surface area contributed by atoms with Gasteiger partial charge in [-0.25, -0.2) is 4.39 Å². The van der Waals surface area contributed by atoms with Crippen molar-refractivity contribution in [2.24, 2.45) is 0 Å². The van der Waals surface area contributed by atoms with E-state index in [1.165, 1.54) is 31.2 Å². The fourth-order valence-electron chi connectivity index (χ4n) is 1.85. The SMILES string of the molecule is Cc1cc(NC(=O)c2ccccc2C(F)(F)F)ccc1F. The zero-order valence-corrected chi connectivity index (χ0v) is 11.0. The van der Waals surface area contributed by atoms with E-state index in [0.29, 0.717) is 0 Å². The summed E-state index contributed by atoms with van der Waals surface area (Å²) < 4.78 is 51.6. The fourth-order valence-corrected chi connectivity index (χ4v) is 1.85. The predicted molar refractivity (Wildman–Crippen MR) is 70.5 cm³/mol. The van der Waals surface area contributed by atoms with E-state index in [9.17, 15) is 22.4 Å². The van der Waals surface area contributed by atoms with Crippen molar-refractivity contribution in [3.05, 3.63) is 65.0 Å². The van der Waals surface area contributed by atoms with Gasteiger partial charge >= 0.3 is 6.18 Å². The zero-order valence-electron chi connectivity index (χ0n) is 11.0. The average Bonchev–Trinajstić information content (AvgIpc) is 2.42. The van der Waals surface area contributed by atoms with E-state index in [-0.39, 0.29) is 11.3 Å². The smallest absolute Gasteiger partial charge is 0.322 e. The molecule has 0 aliphatic heterocycles. The summed E-state index contributed by atoms with van der Waals surface area (Å²) in [5.41, 5.74) is -0.971. The van der Waals surface area contributed by atoms with Gasteiger partial charge in [0.25, 0.3) is 5.91 Å². The topological polar surface area (TPSA) is 29.1 Å². The van der Waals surface area contributed by atoms with Crippen molar-refractivity contribution < 1.29 is 22.4 Å². The number of carbonyl (C=O) groups is 1.